The molecule has 0 aliphatic rings. The van der Waals surface area contributed by atoms with E-state index in [9.17, 15) is 74.6 Å². The molecule has 0 radical (unpaired) electrons. The quantitative estimate of drug-likeness (QED) is 0.301. The molecule has 0 saturated carbocycles. The summed E-state index contributed by atoms with van der Waals surface area (Å²) >= 11 is 1.21. The minimum atomic E-state index is -8.57. The van der Waals surface area contributed by atoms with Gasteiger partial charge >= 0.3 is 150 Å². The van der Waals surface area contributed by atoms with E-state index in [4.69, 9.17) is 0 Å². The molecule has 0 unspecified atom stereocenters. The summed E-state index contributed by atoms with van der Waals surface area (Å²) in [5.74, 6) is -55.7. The zero-order valence-corrected chi connectivity index (χ0v) is 13.6. The molecule has 0 bridgehead atoms. The van der Waals surface area contributed by atoms with Crippen LogP contribution < -0.4 is 0 Å². The Labute approximate surface area is 151 Å². The van der Waals surface area contributed by atoms with Crippen LogP contribution in [-0.2, 0) is 0 Å². The molecule has 0 atom stereocenters. The molecular weight excluding hydrogens is 470 g/mol. The van der Waals surface area contributed by atoms with Crippen LogP contribution in [0.2, 0.25) is 5.28 Å². The number of rotatable bonds is 8. The predicted octanol–water partition coefficient (Wildman–Crippen LogP) is 5.97. The minimum absolute atomic E-state index is 1.21. The van der Waals surface area contributed by atoms with Crippen LogP contribution in [0, 0.1) is 0 Å². The van der Waals surface area contributed by atoms with Crippen LogP contribution in [0.4, 0.5) is 74.6 Å². The van der Waals surface area contributed by atoms with Gasteiger partial charge in [-0.1, -0.05) is 0 Å². The van der Waals surface area contributed by atoms with Gasteiger partial charge in [0.1, 0.15) is 0 Å². The van der Waals surface area contributed by atoms with E-state index >= 15 is 0 Å². The predicted molar refractivity (Wildman–Crippen MR) is 55.9 cm³/mol. The number of hydrogen-bond acceptors (Lipinski definition) is 0. The fourth-order valence-electron chi connectivity index (χ4n) is 1.53. The zero-order chi connectivity index (χ0) is 23.4. The summed E-state index contributed by atoms with van der Waals surface area (Å²) in [6.07, 6.45) is -10.2. The number of halogens is 17. The monoisotopic (exact) mass is 474 g/mol. The maximum absolute atomic E-state index is 13.2. The van der Waals surface area contributed by atoms with Crippen LogP contribution in [0.15, 0.2) is 0 Å². The van der Waals surface area contributed by atoms with E-state index in [2.05, 4.69) is 0 Å². The molecule has 0 fully saturated rings. The molecular formula is C10H4AlF17+2. The van der Waals surface area contributed by atoms with E-state index < -0.39 is 59.3 Å². The second kappa shape index (κ2) is 6.95. The SMILES string of the molecule is FC(F)(F)C(F)(F)C(F)(F)C(F)(F)C(F)(F)C(F)(F)C(F)(F)C(F)(F)C[CH2][Al+2]. The van der Waals surface area contributed by atoms with Crippen molar-refractivity contribution < 1.29 is 74.6 Å². The zero-order valence-electron chi connectivity index (χ0n) is 12.4. The van der Waals surface area contributed by atoms with Crippen LogP contribution in [0.5, 0.6) is 0 Å². The Morgan fingerprint density at radius 3 is 0.893 bits per heavy atom. The van der Waals surface area contributed by atoms with Crippen molar-refractivity contribution in [3.8, 4) is 0 Å². The Balaban J connectivity index is 6.63. The van der Waals surface area contributed by atoms with Crippen LogP contribution >= 0.6 is 0 Å². The van der Waals surface area contributed by atoms with Gasteiger partial charge in [-0.3, -0.25) is 0 Å². The summed E-state index contributed by atoms with van der Waals surface area (Å²) in [4.78, 5) is 0. The first-order valence-corrected chi connectivity index (χ1v) is 7.04. The normalized spacial score (nSPS) is 16.5. The first-order chi connectivity index (χ1) is 11.8. The van der Waals surface area contributed by atoms with Gasteiger partial charge in [-0.2, -0.15) is 0 Å². The molecule has 18 heteroatoms. The van der Waals surface area contributed by atoms with Crippen molar-refractivity contribution in [2.75, 3.05) is 0 Å². The molecule has 0 heterocycles. The molecule has 28 heavy (non-hydrogen) atoms. The summed E-state index contributed by atoms with van der Waals surface area (Å²) in [6.45, 7) is 0. The summed E-state index contributed by atoms with van der Waals surface area (Å²) in [5.41, 5.74) is 0. The second-order valence-electron chi connectivity index (χ2n) is 5.19. The van der Waals surface area contributed by atoms with Crippen molar-refractivity contribution in [1.82, 2.24) is 0 Å². The summed E-state index contributed by atoms with van der Waals surface area (Å²) in [6, 6.07) is 0. The van der Waals surface area contributed by atoms with Gasteiger partial charge in [0.25, 0.3) is 0 Å². The first-order valence-electron chi connectivity index (χ1n) is 6.22. The summed E-state index contributed by atoms with van der Waals surface area (Å²) in [7, 11) is 0. The standard InChI is InChI=1S/C10H4F17.Al/c1-2-3(11,12)4(13,14)5(15,16)6(17,18)7(19,20)8(21,22)9(23,24)10(25,26)27;/h1-2H2;/q;+2. The molecule has 0 aliphatic heterocycles. The average molecular weight is 474 g/mol. The van der Waals surface area contributed by atoms with Crippen LogP contribution in [0.3, 0.4) is 0 Å². The summed E-state index contributed by atoms with van der Waals surface area (Å²) < 4.78 is 217. The third-order valence-electron chi connectivity index (χ3n) is 3.25. The molecule has 0 amide bonds. The van der Waals surface area contributed by atoms with Gasteiger partial charge in [0.05, 0.1) is 0 Å². The van der Waals surface area contributed by atoms with E-state index in [1.165, 1.54) is 16.3 Å². The fourth-order valence-corrected chi connectivity index (χ4v) is 1.90. The van der Waals surface area contributed by atoms with Gasteiger partial charge in [0, 0.05) is 0 Å². The third-order valence-corrected chi connectivity index (χ3v) is 3.53. The van der Waals surface area contributed by atoms with Crippen LogP contribution in [0.1, 0.15) is 6.42 Å². The van der Waals surface area contributed by atoms with Crippen molar-refractivity contribution in [3.05, 3.63) is 0 Å². The van der Waals surface area contributed by atoms with E-state index in [1.54, 1.807) is 0 Å². The molecule has 0 saturated heterocycles. The number of alkyl halides is 17. The molecule has 0 aliphatic carbocycles. The van der Waals surface area contributed by atoms with Gasteiger partial charge in [0.15, 0.2) is 0 Å². The van der Waals surface area contributed by atoms with Crippen molar-refractivity contribution in [2.45, 2.75) is 59.3 Å². The third kappa shape index (κ3) is 3.41. The Morgan fingerprint density at radius 2 is 0.643 bits per heavy atom. The molecule has 164 valence electrons. The molecule has 0 aromatic rings. The Hall–Kier alpha value is -0.658. The average Bonchev–Trinajstić information content (AvgIpc) is 2.44. The van der Waals surface area contributed by atoms with Crippen molar-refractivity contribution in [3.63, 3.8) is 0 Å². The van der Waals surface area contributed by atoms with Crippen molar-refractivity contribution >= 4 is 16.3 Å². The van der Waals surface area contributed by atoms with E-state index in [0.717, 1.165) is 0 Å². The maximum atomic E-state index is 13.2. The molecule has 0 nitrogen and oxygen atoms in total. The van der Waals surface area contributed by atoms with Gasteiger partial charge < -0.3 is 0 Å². The molecule has 0 spiro atoms. The van der Waals surface area contributed by atoms with Crippen molar-refractivity contribution in [2.24, 2.45) is 0 Å². The van der Waals surface area contributed by atoms with E-state index in [1.807, 2.05) is 0 Å². The molecule has 0 N–H and O–H groups in total. The van der Waals surface area contributed by atoms with Gasteiger partial charge in [-0.25, -0.2) is 0 Å². The topological polar surface area (TPSA) is 0 Å². The van der Waals surface area contributed by atoms with Gasteiger partial charge in [-0.05, 0) is 0 Å². The van der Waals surface area contributed by atoms with Crippen LogP contribution in [0.25, 0.3) is 0 Å². The van der Waals surface area contributed by atoms with Crippen LogP contribution in [-0.4, -0.2) is 63.9 Å². The van der Waals surface area contributed by atoms with Gasteiger partial charge in [-0.15, -0.1) is 0 Å². The fraction of sp³-hybridized carbons (Fsp3) is 1.00. The van der Waals surface area contributed by atoms with E-state index in [0.29, 0.717) is 0 Å². The first kappa shape index (κ1) is 27.3. The molecule has 0 rings (SSSR count). The Kier molecular flexibility index (Phi) is 6.79. The summed E-state index contributed by atoms with van der Waals surface area (Å²) in [5, 5.41) is -1.25. The Morgan fingerprint density at radius 1 is 0.393 bits per heavy atom. The second-order valence-corrected chi connectivity index (χ2v) is 5.76. The molecule has 0 aromatic heterocycles. The van der Waals surface area contributed by atoms with Gasteiger partial charge in [0.2, 0.25) is 0 Å². The van der Waals surface area contributed by atoms with E-state index in [-0.39, 0.29) is 0 Å². The van der Waals surface area contributed by atoms with Crippen molar-refractivity contribution in [1.29, 1.82) is 0 Å². The Bertz CT molecular complexity index is 559. The molecule has 0 aromatic carbocycles. The number of hydrogen-bond donors (Lipinski definition) is 0.